The molecule has 10 nitrogen and oxygen atoms in total. The van der Waals surface area contributed by atoms with Crippen LogP contribution in [0.1, 0.15) is 12.8 Å². The van der Waals surface area contributed by atoms with Crippen molar-refractivity contribution >= 4 is 21.9 Å². The van der Waals surface area contributed by atoms with Gasteiger partial charge in [0.05, 0.1) is 57.7 Å². The van der Waals surface area contributed by atoms with Crippen LogP contribution >= 0.6 is 0 Å². The predicted molar refractivity (Wildman–Crippen MR) is 89.3 cm³/mol. The molecule has 0 aromatic heterocycles. The summed E-state index contributed by atoms with van der Waals surface area (Å²) in [4.78, 5) is 22.5. The highest BCUT2D eigenvalue weighted by Crippen LogP contribution is 2.06. The van der Waals surface area contributed by atoms with E-state index in [-0.39, 0.29) is 32.8 Å². The molecule has 0 saturated heterocycles. The molecular weight excluding hydrogens is 368 g/mol. The molecule has 0 radical (unpaired) electrons. The molecule has 0 atom stereocenters. The smallest absolute Gasteiger partial charge is 0.304 e. The number of terminal acetylenes is 1. The maximum atomic E-state index is 12.0. The van der Waals surface area contributed by atoms with Gasteiger partial charge in [0.1, 0.15) is 13.2 Å². The van der Waals surface area contributed by atoms with Crippen LogP contribution < -0.4 is 0 Å². The van der Waals surface area contributed by atoms with E-state index < -0.39 is 40.6 Å². The van der Waals surface area contributed by atoms with Gasteiger partial charge in [0.15, 0.2) is 0 Å². The zero-order valence-electron chi connectivity index (χ0n) is 14.3. The third-order valence-electron chi connectivity index (χ3n) is 2.79. The molecule has 1 amide bonds. The highest BCUT2D eigenvalue weighted by molar-refractivity contribution is 7.89. The SMILES string of the molecule is C#CCOCCOCCOCCC(=O)N(CC#N)S(=O)(=O)CCC(=O)O. The first-order valence-corrected chi connectivity index (χ1v) is 9.24. The Morgan fingerprint density at radius 3 is 2.15 bits per heavy atom. The molecule has 0 aromatic rings. The molecule has 26 heavy (non-hydrogen) atoms. The van der Waals surface area contributed by atoms with E-state index in [2.05, 4.69) is 5.92 Å². The number of hydrogen-bond acceptors (Lipinski definition) is 8. The molecule has 0 unspecified atom stereocenters. The van der Waals surface area contributed by atoms with E-state index in [0.29, 0.717) is 17.5 Å². The van der Waals surface area contributed by atoms with Gasteiger partial charge in [-0.1, -0.05) is 5.92 Å². The fourth-order valence-corrected chi connectivity index (χ4v) is 2.90. The van der Waals surface area contributed by atoms with Gasteiger partial charge in [0.25, 0.3) is 0 Å². The lowest BCUT2D eigenvalue weighted by Gasteiger charge is -2.19. The van der Waals surface area contributed by atoms with Gasteiger partial charge in [0, 0.05) is 0 Å². The standard InChI is InChI=1S/C15H22N2O8S/c1-2-7-23-9-11-25-12-10-24-8-3-14(18)17(6-5-16)26(21,22)13-4-15(19)20/h1H,3-4,6-13H2,(H,19,20). The van der Waals surface area contributed by atoms with Crippen LogP contribution in [0.2, 0.25) is 0 Å². The van der Waals surface area contributed by atoms with Crippen LogP contribution in [0.3, 0.4) is 0 Å². The van der Waals surface area contributed by atoms with Gasteiger partial charge in [0.2, 0.25) is 15.9 Å². The summed E-state index contributed by atoms with van der Waals surface area (Å²) in [6, 6.07) is 1.58. The first-order valence-electron chi connectivity index (χ1n) is 7.63. The Balaban J connectivity index is 4.11. The summed E-state index contributed by atoms with van der Waals surface area (Å²) in [5.41, 5.74) is 0. The van der Waals surface area contributed by atoms with Gasteiger partial charge in [-0.3, -0.25) is 9.59 Å². The summed E-state index contributed by atoms with van der Waals surface area (Å²) in [7, 11) is -4.17. The van der Waals surface area contributed by atoms with E-state index in [1.165, 1.54) is 0 Å². The molecule has 146 valence electrons. The molecule has 0 aromatic carbocycles. The molecule has 11 heteroatoms. The van der Waals surface area contributed by atoms with Crippen LogP contribution in [0.15, 0.2) is 0 Å². The van der Waals surface area contributed by atoms with Crippen LogP contribution in [0, 0.1) is 23.7 Å². The minimum Gasteiger partial charge on any atom is -0.481 e. The van der Waals surface area contributed by atoms with Crippen molar-refractivity contribution in [3.63, 3.8) is 0 Å². The van der Waals surface area contributed by atoms with Crippen molar-refractivity contribution in [2.24, 2.45) is 0 Å². The molecule has 0 aliphatic carbocycles. The van der Waals surface area contributed by atoms with Crippen LogP contribution in [0.25, 0.3) is 0 Å². The molecule has 0 saturated carbocycles. The number of rotatable bonds is 15. The number of nitriles is 1. The Kier molecular flexibility index (Phi) is 12.9. The van der Waals surface area contributed by atoms with E-state index in [0.717, 1.165) is 0 Å². The summed E-state index contributed by atoms with van der Waals surface area (Å²) in [5, 5.41) is 17.2. The second-order valence-corrected chi connectivity index (χ2v) is 6.76. The number of carbonyl (C=O) groups is 2. The molecule has 0 bridgehead atoms. The second kappa shape index (κ2) is 14.0. The van der Waals surface area contributed by atoms with Gasteiger partial charge >= 0.3 is 5.97 Å². The van der Waals surface area contributed by atoms with Crippen LogP contribution in [0.5, 0.6) is 0 Å². The normalized spacial score (nSPS) is 10.7. The third kappa shape index (κ3) is 11.4. The summed E-state index contributed by atoms with van der Waals surface area (Å²) < 4.78 is 39.6. The minimum atomic E-state index is -4.17. The Hall–Kier alpha value is -2.18. The van der Waals surface area contributed by atoms with Crippen molar-refractivity contribution in [2.75, 3.05) is 51.9 Å². The molecule has 0 heterocycles. The number of amides is 1. The van der Waals surface area contributed by atoms with Crippen molar-refractivity contribution in [3.8, 4) is 18.4 Å². The Morgan fingerprint density at radius 2 is 1.62 bits per heavy atom. The fourth-order valence-electron chi connectivity index (χ4n) is 1.59. The summed E-state index contributed by atoms with van der Waals surface area (Å²) in [6.07, 6.45) is 4.08. The van der Waals surface area contributed by atoms with Crippen molar-refractivity contribution in [1.82, 2.24) is 4.31 Å². The highest BCUT2D eigenvalue weighted by atomic mass is 32.2. The first-order chi connectivity index (χ1) is 12.3. The van der Waals surface area contributed by atoms with Crippen molar-refractivity contribution in [2.45, 2.75) is 12.8 Å². The average molecular weight is 390 g/mol. The van der Waals surface area contributed by atoms with Gasteiger partial charge in [-0.25, -0.2) is 12.7 Å². The van der Waals surface area contributed by atoms with Crippen molar-refractivity contribution in [3.05, 3.63) is 0 Å². The van der Waals surface area contributed by atoms with E-state index in [4.69, 9.17) is 31.0 Å². The van der Waals surface area contributed by atoms with E-state index in [1.807, 2.05) is 0 Å². The maximum Gasteiger partial charge on any atom is 0.304 e. The Bertz CT molecular complexity index is 621. The molecule has 0 spiro atoms. The van der Waals surface area contributed by atoms with Gasteiger partial charge in [-0.2, -0.15) is 5.26 Å². The summed E-state index contributed by atoms with van der Waals surface area (Å²) in [5.74, 6) is -0.596. The maximum absolute atomic E-state index is 12.0. The van der Waals surface area contributed by atoms with Crippen LogP contribution in [-0.2, 0) is 33.8 Å². The minimum absolute atomic E-state index is 0.0633. The zero-order valence-corrected chi connectivity index (χ0v) is 15.1. The monoisotopic (exact) mass is 390 g/mol. The van der Waals surface area contributed by atoms with Crippen LogP contribution in [-0.4, -0.2) is 81.6 Å². The highest BCUT2D eigenvalue weighted by Gasteiger charge is 2.27. The van der Waals surface area contributed by atoms with Gasteiger partial charge < -0.3 is 19.3 Å². The number of sulfonamides is 1. The van der Waals surface area contributed by atoms with Crippen molar-refractivity contribution in [1.29, 1.82) is 5.26 Å². The van der Waals surface area contributed by atoms with Crippen molar-refractivity contribution < 1.29 is 37.3 Å². The van der Waals surface area contributed by atoms with E-state index in [1.54, 1.807) is 6.07 Å². The number of carboxylic acids is 1. The van der Waals surface area contributed by atoms with Gasteiger partial charge in [-0.05, 0) is 0 Å². The average Bonchev–Trinajstić information content (AvgIpc) is 2.59. The topological polar surface area (TPSA) is 143 Å². The van der Waals surface area contributed by atoms with E-state index in [9.17, 15) is 18.0 Å². The number of aliphatic carboxylic acids is 1. The largest absolute Gasteiger partial charge is 0.481 e. The molecule has 1 N–H and O–H groups in total. The third-order valence-corrected chi connectivity index (χ3v) is 4.52. The number of carbonyl (C=O) groups excluding carboxylic acids is 1. The first kappa shape index (κ1) is 23.8. The quantitative estimate of drug-likeness (QED) is 0.216. The Labute approximate surface area is 152 Å². The fraction of sp³-hybridized carbons (Fsp3) is 0.667. The number of carboxylic acid groups (broad SMARTS) is 1. The second-order valence-electron chi connectivity index (χ2n) is 4.75. The number of ether oxygens (including phenoxy) is 3. The lowest BCUT2D eigenvalue weighted by atomic mass is 10.4. The molecular formula is C15H22N2O8S. The molecule has 0 rings (SSSR count). The lowest BCUT2D eigenvalue weighted by molar-refractivity contribution is -0.136. The van der Waals surface area contributed by atoms with E-state index >= 15 is 0 Å². The molecule has 0 fully saturated rings. The van der Waals surface area contributed by atoms with Crippen LogP contribution in [0.4, 0.5) is 0 Å². The number of nitrogens with zero attached hydrogens (tertiary/aromatic N) is 2. The Morgan fingerprint density at radius 1 is 1.04 bits per heavy atom. The summed E-state index contributed by atoms with van der Waals surface area (Å²) in [6.45, 7) is 0.588. The molecule has 0 aliphatic rings. The summed E-state index contributed by atoms with van der Waals surface area (Å²) >= 11 is 0. The number of hydrogen-bond donors (Lipinski definition) is 1. The van der Waals surface area contributed by atoms with Gasteiger partial charge in [-0.15, -0.1) is 6.42 Å². The lowest BCUT2D eigenvalue weighted by Crippen LogP contribution is -2.39. The zero-order chi connectivity index (χ0) is 19.8. The molecule has 0 aliphatic heterocycles. The predicted octanol–water partition coefficient (Wildman–Crippen LogP) is -0.784.